The van der Waals surface area contributed by atoms with Crippen LogP contribution in [0.4, 0.5) is 4.79 Å². The molecule has 0 aliphatic carbocycles. The van der Waals surface area contributed by atoms with Crippen molar-refractivity contribution in [2.45, 2.75) is 19.4 Å². The van der Waals surface area contributed by atoms with Gasteiger partial charge in [0.25, 0.3) is 5.91 Å². The maximum Gasteiger partial charge on any atom is 0.327 e. The van der Waals surface area contributed by atoms with E-state index in [2.05, 4.69) is 0 Å². The number of carbonyl (C=O) groups excluding carboxylic acids is 2. The van der Waals surface area contributed by atoms with Crippen LogP contribution in [0.25, 0.3) is 0 Å². The molecular weight excluding hydrogens is 280 g/mol. The summed E-state index contributed by atoms with van der Waals surface area (Å²) in [5, 5.41) is 0.630. The minimum absolute atomic E-state index is 0.204. The molecule has 5 nitrogen and oxygen atoms in total. The van der Waals surface area contributed by atoms with Gasteiger partial charge in [0, 0.05) is 12.1 Å². The SMILES string of the molecule is CN1C(=O)N(CCOc2ccc(Cl)cc2)C(=O)C1(C)C. The van der Waals surface area contributed by atoms with E-state index in [1.807, 2.05) is 0 Å². The van der Waals surface area contributed by atoms with Gasteiger partial charge in [-0.1, -0.05) is 11.6 Å². The molecule has 1 heterocycles. The van der Waals surface area contributed by atoms with Gasteiger partial charge < -0.3 is 9.64 Å². The summed E-state index contributed by atoms with van der Waals surface area (Å²) in [6.07, 6.45) is 0. The number of nitrogens with zero attached hydrogens (tertiary/aromatic N) is 2. The number of likely N-dealkylation sites (N-methyl/N-ethyl adjacent to an activating group) is 1. The second kappa shape index (κ2) is 5.32. The minimum atomic E-state index is -0.794. The molecule has 20 heavy (non-hydrogen) atoms. The molecule has 2 rings (SSSR count). The van der Waals surface area contributed by atoms with E-state index in [0.717, 1.165) is 0 Å². The zero-order valence-electron chi connectivity index (χ0n) is 11.7. The maximum absolute atomic E-state index is 12.1. The normalized spacial score (nSPS) is 17.8. The lowest BCUT2D eigenvalue weighted by Crippen LogP contribution is -2.41. The summed E-state index contributed by atoms with van der Waals surface area (Å²) in [5.41, 5.74) is -0.794. The molecule has 0 spiro atoms. The first-order chi connectivity index (χ1) is 9.34. The van der Waals surface area contributed by atoms with Crippen LogP contribution in [-0.2, 0) is 4.79 Å². The predicted octanol–water partition coefficient (Wildman–Crippen LogP) is 2.39. The fourth-order valence-electron chi connectivity index (χ4n) is 1.96. The third kappa shape index (κ3) is 2.58. The van der Waals surface area contributed by atoms with Crippen LogP contribution in [-0.4, -0.2) is 47.5 Å². The molecule has 1 saturated heterocycles. The Bertz CT molecular complexity index is 528. The molecule has 0 N–H and O–H groups in total. The van der Waals surface area contributed by atoms with Gasteiger partial charge in [-0.25, -0.2) is 4.79 Å². The third-order valence-corrected chi connectivity index (χ3v) is 3.77. The van der Waals surface area contributed by atoms with Crippen molar-refractivity contribution in [1.82, 2.24) is 9.80 Å². The lowest BCUT2D eigenvalue weighted by atomic mass is 10.1. The first-order valence-electron chi connectivity index (χ1n) is 6.32. The monoisotopic (exact) mass is 296 g/mol. The van der Waals surface area contributed by atoms with E-state index in [-0.39, 0.29) is 25.1 Å². The number of benzene rings is 1. The zero-order chi connectivity index (χ0) is 14.9. The summed E-state index contributed by atoms with van der Waals surface area (Å²) in [6.45, 7) is 3.94. The van der Waals surface area contributed by atoms with Crippen molar-refractivity contribution >= 4 is 23.5 Å². The molecule has 1 aromatic carbocycles. The Morgan fingerprint density at radius 3 is 2.30 bits per heavy atom. The number of amides is 3. The highest BCUT2D eigenvalue weighted by molar-refractivity contribution is 6.30. The Morgan fingerprint density at radius 2 is 1.80 bits per heavy atom. The van der Waals surface area contributed by atoms with Crippen molar-refractivity contribution in [3.05, 3.63) is 29.3 Å². The number of ether oxygens (including phenoxy) is 1. The lowest BCUT2D eigenvalue weighted by Gasteiger charge is -2.22. The minimum Gasteiger partial charge on any atom is -0.492 e. The van der Waals surface area contributed by atoms with E-state index >= 15 is 0 Å². The maximum atomic E-state index is 12.1. The Morgan fingerprint density at radius 1 is 1.20 bits per heavy atom. The van der Waals surface area contributed by atoms with Crippen molar-refractivity contribution in [2.24, 2.45) is 0 Å². The smallest absolute Gasteiger partial charge is 0.327 e. The van der Waals surface area contributed by atoms with Crippen LogP contribution in [0.3, 0.4) is 0 Å². The van der Waals surface area contributed by atoms with Crippen LogP contribution in [0.1, 0.15) is 13.8 Å². The molecule has 3 amide bonds. The van der Waals surface area contributed by atoms with Gasteiger partial charge in [-0.2, -0.15) is 0 Å². The van der Waals surface area contributed by atoms with Gasteiger partial charge >= 0.3 is 6.03 Å². The van der Waals surface area contributed by atoms with Crippen molar-refractivity contribution in [2.75, 3.05) is 20.2 Å². The first kappa shape index (κ1) is 14.7. The molecule has 0 radical (unpaired) electrons. The molecule has 1 aliphatic rings. The molecule has 0 aromatic heterocycles. The molecule has 0 atom stereocenters. The van der Waals surface area contributed by atoms with Crippen molar-refractivity contribution in [3.8, 4) is 5.75 Å². The topological polar surface area (TPSA) is 49.9 Å². The number of carbonyl (C=O) groups is 2. The molecule has 1 aromatic rings. The largest absolute Gasteiger partial charge is 0.492 e. The zero-order valence-corrected chi connectivity index (χ0v) is 12.5. The second-order valence-electron chi connectivity index (χ2n) is 5.16. The number of halogens is 1. The van der Waals surface area contributed by atoms with Gasteiger partial charge in [0.2, 0.25) is 0 Å². The van der Waals surface area contributed by atoms with Crippen LogP contribution in [0.2, 0.25) is 5.02 Å². The summed E-state index contributed by atoms with van der Waals surface area (Å²) >= 11 is 5.78. The van der Waals surface area contributed by atoms with Gasteiger partial charge in [-0.3, -0.25) is 9.69 Å². The van der Waals surface area contributed by atoms with Crippen molar-refractivity contribution in [1.29, 1.82) is 0 Å². The van der Waals surface area contributed by atoms with Crippen LogP contribution in [0, 0.1) is 0 Å². The van der Waals surface area contributed by atoms with Crippen LogP contribution in [0.5, 0.6) is 5.75 Å². The van der Waals surface area contributed by atoms with Crippen LogP contribution >= 0.6 is 11.6 Å². The van der Waals surface area contributed by atoms with Gasteiger partial charge in [0.05, 0.1) is 6.54 Å². The number of imide groups is 1. The molecule has 108 valence electrons. The summed E-state index contributed by atoms with van der Waals surface area (Å²) in [5.74, 6) is 0.450. The van der Waals surface area contributed by atoms with Gasteiger partial charge in [0.1, 0.15) is 17.9 Å². The number of hydrogen-bond acceptors (Lipinski definition) is 3. The van der Waals surface area contributed by atoms with E-state index in [1.165, 1.54) is 9.80 Å². The molecule has 0 unspecified atom stereocenters. The van der Waals surface area contributed by atoms with E-state index in [1.54, 1.807) is 45.2 Å². The predicted molar refractivity (Wildman–Crippen MR) is 75.9 cm³/mol. The highest BCUT2D eigenvalue weighted by atomic mass is 35.5. The Kier molecular flexibility index (Phi) is 3.90. The van der Waals surface area contributed by atoms with Gasteiger partial charge in [-0.05, 0) is 38.1 Å². The van der Waals surface area contributed by atoms with Crippen LogP contribution in [0.15, 0.2) is 24.3 Å². The second-order valence-corrected chi connectivity index (χ2v) is 5.60. The fourth-order valence-corrected chi connectivity index (χ4v) is 2.09. The summed E-state index contributed by atoms with van der Waals surface area (Å²) in [6, 6.07) is 6.64. The molecule has 0 bridgehead atoms. The first-order valence-corrected chi connectivity index (χ1v) is 6.70. The number of hydrogen-bond donors (Lipinski definition) is 0. The van der Waals surface area contributed by atoms with E-state index < -0.39 is 5.54 Å². The summed E-state index contributed by atoms with van der Waals surface area (Å²) < 4.78 is 5.50. The number of rotatable bonds is 4. The Labute approximate surface area is 123 Å². The quantitative estimate of drug-likeness (QED) is 0.802. The van der Waals surface area contributed by atoms with Crippen molar-refractivity contribution < 1.29 is 14.3 Å². The standard InChI is InChI=1S/C14H17ClN2O3/c1-14(2)12(18)17(13(19)16(14)3)8-9-20-11-6-4-10(15)5-7-11/h4-7H,8-9H2,1-3H3. The third-order valence-electron chi connectivity index (χ3n) is 3.52. The fraction of sp³-hybridized carbons (Fsp3) is 0.429. The van der Waals surface area contributed by atoms with Gasteiger partial charge in [-0.15, -0.1) is 0 Å². The molecule has 1 aliphatic heterocycles. The molecule has 6 heteroatoms. The highest BCUT2D eigenvalue weighted by Gasteiger charge is 2.48. The average Bonchev–Trinajstić information content (AvgIpc) is 2.55. The van der Waals surface area contributed by atoms with E-state index in [9.17, 15) is 9.59 Å². The summed E-state index contributed by atoms with van der Waals surface area (Å²) in [7, 11) is 1.63. The van der Waals surface area contributed by atoms with E-state index in [4.69, 9.17) is 16.3 Å². The highest BCUT2D eigenvalue weighted by Crippen LogP contribution is 2.25. The van der Waals surface area contributed by atoms with Crippen LogP contribution < -0.4 is 4.74 Å². The summed E-state index contributed by atoms with van der Waals surface area (Å²) in [4.78, 5) is 26.8. The average molecular weight is 297 g/mol. The molecular formula is C14H17ClN2O3. The number of urea groups is 1. The van der Waals surface area contributed by atoms with Gasteiger partial charge in [0.15, 0.2) is 0 Å². The van der Waals surface area contributed by atoms with E-state index in [0.29, 0.717) is 10.8 Å². The Hall–Kier alpha value is -1.75. The van der Waals surface area contributed by atoms with Crippen molar-refractivity contribution in [3.63, 3.8) is 0 Å². The molecule has 1 fully saturated rings. The Balaban J connectivity index is 1.93. The molecule has 0 saturated carbocycles. The lowest BCUT2D eigenvalue weighted by molar-refractivity contribution is -0.131.